The largest absolute Gasteiger partial charge is 0.497 e. The van der Waals surface area contributed by atoms with Gasteiger partial charge in [0.05, 0.1) is 30.3 Å². The van der Waals surface area contributed by atoms with Crippen molar-refractivity contribution in [3.63, 3.8) is 0 Å². The number of anilines is 1. The first kappa shape index (κ1) is 26.6. The van der Waals surface area contributed by atoms with Gasteiger partial charge in [-0.2, -0.15) is 0 Å². The second-order valence-corrected chi connectivity index (χ2v) is 10.9. The van der Waals surface area contributed by atoms with Crippen molar-refractivity contribution in [2.45, 2.75) is 25.4 Å². The zero-order valence-electron chi connectivity index (χ0n) is 23.6. The molecule has 4 aromatic carbocycles. The maximum Gasteiger partial charge on any atom is 0.291 e. The van der Waals surface area contributed by atoms with E-state index in [9.17, 15) is 18.8 Å². The van der Waals surface area contributed by atoms with Crippen LogP contribution in [0.4, 0.5) is 10.1 Å². The van der Waals surface area contributed by atoms with Crippen LogP contribution in [0, 0.1) is 12.7 Å². The molecule has 0 fully saturated rings. The second kappa shape index (κ2) is 9.94. The first-order chi connectivity index (χ1) is 20.8. The van der Waals surface area contributed by atoms with Crippen molar-refractivity contribution in [2.75, 3.05) is 18.6 Å². The Balaban J connectivity index is 1.44. The van der Waals surface area contributed by atoms with Crippen LogP contribution in [0.3, 0.4) is 0 Å². The molecular formula is C35H27FN2O5. The van der Waals surface area contributed by atoms with Crippen LogP contribution in [0.1, 0.15) is 38.4 Å². The normalized spacial score (nSPS) is 17.2. The summed E-state index contributed by atoms with van der Waals surface area (Å²) < 4.78 is 26.3. The molecule has 0 radical (unpaired) electrons. The van der Waals surface area contributed by atoms with Crippen molar-refractivity contribution in [3.8, 4) is 5.75 Å². The molecule has 1 atom stereocenters. The number of methoxy groups -OCH3 is 1. The van der Waals surface area contributed by atoms with E-state index in [2.05, 4.69) is 0 Å². The Kier molecular flexibility index (Phi) is 6.16. The third-order valence-corrected chi connectivity index (χ3v) is 8.46. The van der Waals surface area contributed by atoms with Crippen LogP contribution in [-0.4, -0.2) is 30.4 Å². The summed E-state index contributed by atoms with van der Waals surface area (Å²) >= 11 is 0. The van der Waals surface area contributed by atoms with Gasteiger partial charge in [0.15, 0.2) is 11.0 Å². The Morgan fingerprint density at radius 3 is 2.42 bits per heavy atom. The van der Waals surface area contributed by atoms with Gasteiger partial charge in [-0.1, -0.05) is 60.2 Å². The number of fused-ring (bicyclic) bond motifs is 5. The van der Waals surface area contributed by atoms with E-state index < -0.39 is 28.6 Å². The molecule has 0 N–H and O–H groups in total. The predicted octanol–water partition coefficient (Wildman–Crippen LogP) is 5.74. The molecule has 2 amide bonds. The number of hydrogen-bond donors (Lipinski definition) is 0. The van der Waals surface area contributed by atoms with Crippen LogP contribution < -0.4 is 15.1 Å². The molecule has 1 spiro atoms. The molecule has 8 heteroatoms. The van der Waals surface area contributed by atoms with Gasteiger partial charge in [0.25, 0.3) is 11.8 Å². The highest BCUT2D eigenvalue weighted by molar-refractivity contribution is 6.17. The number of amides is 2. The average Bonchev–Trinajstić information content (AvgIpc) is 3.41. The molecule has 43 heavy (non-hydrogen) atoms. The van der Waals surface area contributed by atoms with Crippen molar-refractivity contribution in [1.82, 2.24) is 4.90 Å². The quantitative estimate of drug-likeness (QED) is 0.259. The molecule has 0 saturated heterocycles. The summed E-state index contributed by atoms with van der Waals surface area (Å²) in [6, 6.07) is 26.0. The Bertz CT molecular complexity index is 2000. The Labute approximate surface area is 246 Å². The smallest absolute Gasteiger partial charge is 0.291 e. The zero-order chi connectivity index (χ0) is 29.9. The fraction of sp³-hybridized carbons (Fsp3) is 0.171. The van der Waals surface area contributed by atoms with Crippen LogP contribution in [0.25, 0.3) is 11.0 Å². The lowest BCUT2D eigenvalue weighted by Crippen LogP contribution is -2.53. The van der Waals surface area contributed by atoms with E-state index in [1.165, 1.54) is 15.9 Å². The number of carbonyl (C=O) groups is 2. The molecular weight excluding hydrogens is 547 g/mol. The van der Waals surface area contributed by atoms with E-state index >= 15 is 0 Å². The molecule has 1 aromatic heterocycles. The Morgan fingerprint density at radius 1 is 0.907 bits per heavy atom. The van der Waals surface area contributed by atoms with Crippen LogP contribution in [0.5, 0.6) is 5.75 Å². The van der Waals surface area contributed by atoms with Crippen molar-refractivity contribution in [1.29, 1.82) is 0 Å². The minimum atomic E-state index is -1.78. The van der Waals surface area contributed by atoms with Gasteiger partial charge in [-0.15, -0.1) is 0 Å². The van der Waals surface area contributed by atoms with Gasteiger partial charge in [-0.3, -0.25) is 14.4 Å². The van der Waals surface area contributed by atoms with Gasteiger partial charge >= 0.3 is 0 Å². The fourth-order valence-corrected chi connectivity index (χ4v) is 6.39. The number of hydrogen-bond acceptors (Lipinski definition) is 5. The summed E-state index contributed by atoms with van der Waals surface area (Å²) in [6.07, 6.45) is 0.404. The molecule has 0 bridgehead atoms. The van der Waals surface area contributed by atoms with Gasteiger partial charge in [0, 0.05) is 17.7 Å². The minimum Gasteiger partial charge on any atom is -0.497 e. The highest BCUT2D eigenvalue weighted by atomic mass is 19.1. The number of ether oxygens (including phenoxy) is 1. The molecule has 214 valence electrons. The number of para-hydroxylation sites is 1. The highest BCUT2D eigenvalue weighted by Gasteiger charge is 2.64. The minimum absolute atomic E-state index is 0.00110. The molecule has 7 rings (SSSR count). The van der Waals surface area contributed by atoms with E-state index in [-0.39, 0.29) is 30.0 Å². The molecule has 7 nitrogen and oxygen atoms in total. The van der Waals surface area contributed by atoms with Crippen LogP contribution >= 0.6 is 0 Å². The molecule has 2 aliphatic rings. The summed E-state index contributed by atoms with van der Waals surface area (Å²) in [7, 11) is 1.59. The van der Waals surface area contributed by atoms with Crippen LogP contribution in [-0.2, 0) is 23.3 Å². The van der Waals surface area contributed by atoms with Crippen molar-refractivity contribution < 1.29 is 23.1 Å². The molecule has 0 aliphatic carbocycles. The summed E-state index contributed by atoms with van der Waals surface area (Å²) in [5.41, 5.74) is 1.13. The first-order valence-corrected chi connectivity index (χ1v) is 14.0. The van der Waals surface area contributed by atoms with E-state index in [1.54, 1.807) is 67.8 Å². The summed E-state index contributed by atoms with van der Waals surface area (Å²) in [4.78, 5) is 46.4. The zero-order valence-corrected chi connectivity index (χ0v) is 23.6. The first-order valence-electron chi connectivity index (χ1n) is 14.0. The number of nitrogens with zero attached hydrogens (tertiary/aromatic N) is 2. The topological polar surface area (TPSA) is 80.1 Å². The molecule has 2 aliphatic heterocycles. The van der Waals surface area contributed by atoms with Crippen molar-refractivity contribution >= 4 is 28.5 Å². The van der Waals surface area contributed by atoms with Gasteiger partial charge in [-0.05, 0) is 55.3 Å². The van der Waals surface area contributed by atoms with Crippen molar-refractivity contribution in [2.24, 2.45) is 0 Å². The predicted molar refractivity (Wildman–Crippen MR) is 160 cm³/mol. The standard InChI is InChI=1S/C35H27FN2O5/c1-21-11-16-29-25(19-21)31(39)30-32(43-29)33(40)38(18-17-22-12-14-24(42-2)15-13-22)35(30)26-8-4-6-10-28(26)37(34(35)41)20-23-7-3-5-9-27(23)36/h3-16,19H,17-18,20H2,1-2H3/t35-/m0/s1. The lowest BCUT2D eigenvalue weighted by Gasteiger charge is -2.34. The second-order valence-electron chi connectivity index (χ2n) is 10.9. The van der Waals surface area contributed by atoms with E-state index in [4.69, 9.17) is 9.15 Å². The number of benzene rings is 4. The molecule has 5 aromatic rings. The summed E-state index contributed by atoms with van der Waals surface area (Å²) in [6.45, 7) is 1.91. The number of rotatable bonds is 6. The van der Waals surface area contributed by atoms with Gasteiger partial charge < -0.3 is 19.0 Å². The van der Waals surface area contributed by atoms with E-state index in [0.29, 0.717) is 34.4 Å². The van der Waals surface area contributed by atoms with Crippen molar-refractivity contribution in [3.05, 3.63) is 141 Å². The highest BCUT2D eigenvalue weighted by Crippen LogP contribution is 2.53. The maximum atomic E-state index is 14.9. The Morgan fingerprint density at radius 2 is 1.65 bits per heavy atom. The van der Waals surface area contributed by atoms with Crippen LogP contribution in [0.2, 0.25) is 0 Å². The van der Waals surface area contributed by atoms with Crippen LogP contribution in [0.15, 0.2) is 100 Å². The Hall–Kier alpha value is -5.24. The summed E-state index contributed by atoms with van der Waals surface area (Å²) in [5.74, 6) is -0.941. The third kappa shape index (κ3) is 3.90. The fourth-order valence-electron chi connectivity index (χ4n) is 6.39. The molecule has 3 heterocycles. The van der Waals surface area contributed by atoms with Gasteiger partial charge in [0.1, 0.15) is 17.1 Å². The summed E-state index contributed by atoms with van der Waals surface area (Å²) in [5, 5.41) is 0.292. The SMILES string of the molecule is COc1ccc(CCN2C(=O)c3oc4ccc(C)cc4c(=O)c3[C@@]23C(=O)N(Cc2ccccc2F)c2ccccc23)cc1. The maximum absolute atomic E-state index is 14.9. The lowest BCUT2D eigenvalue weighted by atomic mass is 9.83. The van der Waals surface area contributed by atoms with E-state index in [1.807, 2.05) is 31.2 Å². The van der Waals surface area contributed by atoms with E-state index in [0.717, 1.165) is 11.1 Å². The number of carbonyl (C=O) groups excluding carboxylic acids is 2. The third-order valence-electron chi connectivity index (χ3n) is 8.46. The number of halogens is 1. The lowest BCUT2D eigenvalue weighted by molar-refractivity contribution is -0.126. The number of aryl methyl sites for hydroxylation is 1. The monoisotopic (exact) mass is 574 g/mol. The van der Waals surface area contributed by atoms with Gasteiger partial charge in [0.2, 0.25) is 5.76 Å². The molecule has 0 saturated carbocycles. The molecule has 0 unspecified atom stereocenters. The van der Waals surface area contributed by atoms with Gasteiger partial charge in [-0.25, -0.2) is 4.39 Å². The average molecular weight is 575 g/mol.